The fraction of sp³-hybridized carbons (Fsp3) is 0.316. The van der Waals surface area contributed by atoms with Gasteiger partial charge in [-0.25, -0.2) is 4.98 Å². The molecule has 0 aliphatic heterocycles. The van der Waals surface area contributed by atoms with Crippen molar-refractivity contribution in [2.45, 2.75) is 32.7 Å². The van der Waals surface area contributed by atoms with Gasteiger partial charge in [0.2, 0.25) is 0 Å². The number of nitrogens with zero attached hydrogens (tertiary/aromatic N) is 3. The number of aromatic amines is 1. The summed E-state index contributed by atoms with van der Waals surface area (Å²) in [6, 6.07) is 11.9. The van der Waals surface area contributed by atoms with Crippen LogP contribution in [0.2, 0.25) is 0 Å². The maximum absolute atomic E-state index is 12.7. The number of aromatic nitrogens is 3. The number of rotatable bonds is 6. The third-order valence-electron chi connectivity index (χ3n) is 4.25. The summed E-state index contributed by atoms with van der Waals surface area (Å²) in [5.41, 5.74) is 3.35. The molecule has 3 rings (SSSR count). The van der Waals surface area contributed by atoms with Crippen LogP contribution in [0.1, 0.15) is 47.5 Å². The lowest BCUT2D eigenvalue weighted by molar-refractivity contribution is 0.0734. The lowest BCUT2D eigenvalue weighted by Gasteiger charge is -2.23. The number of thiazole rings is 1. The van der Waals surface area contributed by atoms with Gasteiger partial charge in [-0.1, -0.05) is 37.3 Å². The van der Waals surface area contributed by atoms with Gasteiger partial charge in [-0.2, -0.15) is 5.10 Å². The normalized spacial score (nSPS) is 12.1. The Labute approximate surface area is 151 Å². The third-order valence-corrected chi connectivity index (χ3v) is 5.16. The number of hydrogen-bond donors (Lipinski definition) is 1. The van der Waals surface area contributed by atoms with Crippen LogP contribution in [0.3, 0.4) is 0 Å². The van der Waals surface area contributed by atoms with Gasteiger partial charge in [-0.3, -0.25) is 9.89 Å². The number of nitrogens with one attached hydrogen (secondary N) is 1. The van der Waals surface area contributed by atoms with Crippen LogP contribution < -0.4 is 0 Å². The summed E-state index contributed by atoms with van der Waals surface area (Å²) < 4.78 is 0. The summed E-state index contributed by atoms with van der Waals surface area (Å²) in [7, 11) is 1.80. The Morgan fingerprint density at radius 3 is 2.80 bits per heavy atom. The van der Waals surface area contributed by atoms with Gasteiger partial charge in [0, 0.05) is 18.0 Å². The topological polar surface area (TPSA) is 61.9 Å². The molecule has 0 bridgehead atoms. The van der Waals surface area contributed by atoms with E-state index in [2.05, 4.69) is 22.1 Å². The van der Waals surface area contributed by atoms with E-state index in [1.54, 1.807) is 23.3 Å². The van der Waals surface area contributed by atoms with Crippen LogP contribution in [0.25, 0.3) is 11.3 Å². The third kappa shape index (κ3) is 3.79. The van der Waals surface area contributed by atoms with E-state index in [1.165, 1.54) is 0 Å². The Bertz CT molecular complexity index is 840. The molecule has 0 saturated heterocycles. The van der Waals surface area contributed by atoms with Gasteiger partial charge in [0.25, 0.3) is 5.91 Å². The lowest BCUT2D eigenvalue weighted by atomic mass is 10.1. The van der Waals surface area contributed by atoms with E-state index in [0.29, 0.717) is 5.69 Å². The van der Waals surface area contributed by atoms with Crippen molar-refractivity contribution in [1.82, 2.24) is 20.1 Å². The minimum Gasteiger partial charge on any atom is -0.332 e. The van der Waals surface area contributed by atoms with Crippen LogP contribution in [-0.2, 0) is 6.42 Å². The number of benzene rings is 1. The summed E-state index contributed by atoms with van der Waals surface area (Å²) in [5, 5.41) is 10.3. The Morgan fingerprint density at radius 1 is 1.32 bits per heavy atom. The molecular formula is C19H22N4OS. The van der Waals surface area contributed by atoms with Crippen LogP contribution in [0.5, 0.6) is 0 Å². The second kappa shape index (κ2) is 7.61. The van der Waals surface area contributed by atoms with Crippen LogP contribution in [0.4, 0.5) is 0 Å². The van der Waals surface area contributed by atoms with Crippen molar-refractivity contribution in [3.63, 3.8) is 0 Å². The highest BCUT2D eigenvalue weighted by Gasteiger charge is 2.22. The molecule has 0 fully saturated rings. The van der Waals surface area contributed by atoms with Crippen molar-refractivity contribution in [2.24, 2.45) is 0 Å². The zero-order valence-corrected chi connectivity index (χ0v) is 15.5. The van der Waals surface area contributed by atoms with Crippen molar-refractivity contribution in [1.29, 1.82) is 0 Å². The number of carbonyl (C=O) groups excluding carboxylic acids is 1. The fourth-order valence-electron chi connectivity index (χ4n) is 2.61. The fourth-order valence-corrected chi connectivity index (χ4v) is 3.48. The summed E-state index contributed by atoms with van der Waals surface area (Å²) in [5.74, 6) is -0.0676. The van der Waals surface area contributed by atoms with Crippen LogP contribution in [-0.4, -0.2) is 33.0 Å². The largest absolute Gasteiger partial charge is 0.332 e. The number of amides is 1. The van der Waals surface area contributed by atoms with E-state index >= 15 is 0 Å². The van der Waals surface area contributed by atoms with Gasteiger partial charge in [0.1, 0.15) is 5.69 Å². The van der Waals surface area contributed by atoms with Gasteiger partial charge in [-0.15, -0.1) is 11.3 Å². The summed E-state index contributed by atoms with van der Waals surface area (Å²) in [6.45, 7) is 4.10. The molecule has 1 aromatic carbocycles. The Balaban J connectivity index is 1.74. The maximum Gasteiger partial charge on any atom is 0.273 e. The molecule has 5 nitrogen and oxygen atoms in total. The van der Waals surface area contributed by atoms with Gasteiger partial charge in [0.05, 0.1) is 22.4 Å². The van der Waals surface area contributed by atoms with Gasteiger partial charge < -0.3 is 4.90 Å². The number of H-pyrrole nitrogens is 1. The first-order valence-electron chi connectivity index (χ1n) is 8.42. The van der Waals surface area contributed by atoms with Crippen molar-refractivity contribution in [3.8, 4) is 11.3 Å². The smallest absolute Gasteiger partial charge is 0.273 e. The lowest BCUT2D eigenvalue weighted by Crippen LogP contribution is -2.30. The number of aryl methyl sites for hydroxylation is 1. The molecule has 1 atom stereocenters. The van der Waals surface area contributed by atoms with E-state index < -0.39 is 0 Å². The molecule has 1 N–H and O–H groups in total. The zero-order valence-electron chi connectivity index (χ0n) is 14.7. The van der Waals surface area contributed by atoms with E-state index in [1.807, 2.05) is 48.7 Å². The average Bonchev–Trinajstić information content (AvgIpc) is 3.31. The minimum absolute atomic E-state index is 0.0676. The number of carbonyl (C=O) groups is 1. The molecule has 6 heteroatoms. The van der Waals surface area contributed by atoms with Crippen molar-refractivity contribution in [3.05, 3.63) is 58.2 Å². The Kier molecular flexibility index (Phi) is 5.28. The summed E-state index contributed by atoms with van der Waals surface area (Å²) in [6.07, 6.45) is 1.95. The molecular weight excluding hydrogens is 332 g/mol. The monoisotopic (exact) mass is 354 g/mol. The molecule has 0 aliphatic carbocycles. The molecule has 25 heavy (non-hydrogen) atoms. The van der Waals surface area contributed by atoms with E-state index in [4.69, 9.17) is 0 Å². The molecule has 3 aromatic rings. The highest BCUT2D eigenvalue weighted by molar-refractivity contribution is 7.09. The van der Waals surface area contributed by atoms with E-state index in [9.17, 15) is 4.79 Å². The molecule has 2 aromatic heterocycles. The van der Waals surface area contributed by atoms with Crippen molar-refractivity contribution < 1.29 is 4.79 Å². The zero-order chi connectivity index (χ0) is 17.8. The van der Waals surface area contributed by atoms with Gasteiger partial charge in [-0.05, 0) is 25.8 Å². The highest BCUT2D eigenvalue weighted by Crippen LogP contribution is 2.24. The Hall–Kier alpha value is -2.47. The number of hydrogen-bond acceptors (Lipinski definition) is 4. The highest BCUT2D eigenvalue weighted by atomic mass is 32.1. The predicted octanol–water partition coefficient (Wildman–Crippen LogP) is 4.32. The maximum atomic E-state index is 12.7. The molecule has 0 unspecified atom stereocenters. The predicted molar refractivity (Wildman–Crippen MR) is 101 cm³/mol. The van der Waals surface area contributed by atoms with Crippen LogP contribution >= 0.6 is 11.3 Å². The molecule has 0 radical (unpaired) electrons. The first-order valence-corrected chi connectivity index (χ1v) is 9.30. The first kappa shape index (κ1) is 17.4. The van der Waals surface area contributed by atoms with E-state index in [0.717, 1.165) is 34.8 Å². The van der Waals surface area contributed by atoms with Gasteiger partial charge >= 0.3 is 0 Å². The first-order chi connectivity index (χ1) is 12.1. The van der Waals surface area contributed by atoms with Crippen LogP contribution in [0.15, 0.2) is 41.8 Å². The summed E-state index contributed by atoms with van der Waals surface area (Å²) in [4.78, 5) is 18.8. The van der Waals surface area contributed by atoms with Crippen LogP contribution in [0, 0.1) is 0 Å². The second-order valence-corrected chi connectivity index (χ2v) is 6.99. The van der Waals surface area contributed by atoms with Crippen molar-refractivity contribution >= 4 is 17.2 Å². The molecule has 0 spiro atoms. The summed E-state index contributed by atoms with van der Waals surface area (Å²) >= 11 is 1.55. The van der Waals surface area contributed by atoms with Gasteiger partial charge in [0.15, 0.2) is 0 Å². The standard InChI is InChI=1S/C19H22N4OS/c1-4-8-18-20-17(12-25-18)19(24)23(3)13(2)15-11-16(22-21-15)14-9-6-5-7-10-14/h5-7,9-13H,4,8H2,1-3H3,(H,21,22)/t13-/m0/s1. The quantitative estimate of drug-likeness (QED) is 0.717. The molecule has 0 aliphatic rings. The molecule has 130 valence electrons. The molecule has 1 amide bonds. The molecule has 2 heterocycles. The minimum atomic E-state index is -0.117. The SMILES string of the molecule is CCCc1nc(C(=O)N(C)[C@@H](C)c2cc(-c3ccccc3)n[nH]2)cs1. The van der Waals surface area contributed by atoms with Crippen molar-refractivity contribution in [2.75, 3.05) is 7.05 Å². The Morgan fingerprint density at radius 2 is 2.08 bits per heavy atom. The average molecular weight is 354 g/mol. The molecule has 0 saturated carbocycles. The second-order valence-electron chi connectivity index (χ2n) is 6.04. The van der Waals surface area contributed by atoms with E-state index in [-0.39, 0.29) is 11.9 Å².